The first-order valence-electron chi connectivity index (χ1n) is 6.85. The standard InChI is InChI=1S/C15H24N2O3S/c1-5-6-17(7-8-18)21(19,20)15-10-14(11-16-4)9-12(2)13(15)3/h5,9-10,16,18H,1,6-8,11H2,2-4H3. The van der Waals surface area contributed by atoms with E-state index in [1.807, 2.05) is 20.0 Å². The molecule has 5 nitrogen and oxygen atoms in total. The summed E-state index contributed by atoms with van der Waals surface area (Å²) in [6, 6.07) is 3.68. The van der Waals surface area contributed by atoms with Gasteiger partial charge in [0.15, 0.2) is 0 Å². The first-order valence-corrected chi connectivity index (χ1v) is 8.29. The fraction of sp³-hybridized carbons (Fsp3) is 0.467. The van der Waals surface area contributed by atoms with Crippen LogP contribution in [-0.4, -0.2) is 44.6 Å². The summed E-state index contributed by atoms with van der Waals surface area (Å²) < 4.78 is 26.8. The van der Waals surface area contributed by atoms with Crippen LogP contribution in [0.5, 0.6) is 0 Å². The van der Waals surface area contributed by atoms with Crippen molar-refractivity contribution >= 4 is 10.0 Å². The van der Waals surface area contributed by atoms with Crippen molar-refractivity contribution in [3.8, 4) is 0 Å². The number of nitrogens with zero attached hydrogens (tertiary/aromatic N) is 1. The van der Waals surface area contributed by atoms with E-state index in [0.29, 0.717) is 11.4 Å². The molecule has 6 heteroatoms. The Bertz CT molecular complexity index is 597. The number of rotatable bonds is 8. The zero-order chi connectivity index (χ0) is 16.0. The molecule has 0 aromatic heterocycles. The van der Waals surface area contributed by atoms with Gasteiger partial charge >= 0.3 is 0 Å². The summed E-state index contributed by atoms with van der Waals surface area (Å²) in [5, 5.41) is 12.1. The zero-order valence-corrected chi connectivity index (χ0v) is 13.7. The Morgan fingerprint density at radius 3 is 2.57 bits per heavy atom. The number of aliphatic hydroxyl groups excluding tert-OH is 1. The second kappa shape index (κ2) is 7.70. The molecule has 1 rings (SSSR count). The summed E-state index contributed by atoms with van der Waals surface area (Å²) in [6.07, 6.45) is 1.52. The fourth-order valence-electron chi connectivity index (χ4n) is 2.18. The fourth-order valence-corrected chi connectivity index (χ4v) is 3.93. The van der Waals surface area contributed by atoms with Crippen LogP contribution in [0.15, 0.2) is 29.7 Å². The molecule has 0 aliphatic heterocycles. The third-order valence-corrected chi connectivity index (χ3v) is 5.35. The number of sulfonamides is 1. The molecule has 1 aromatic carbocycles. The first kappa shape index (κ1) is 17.8. The molecule has 0 radical (unpaired) electrons. The molecule has 0 bridgehead atoms. The van der Waals surface area contributed by atoms with E-state index in [1.54, 1.807) is 13.0 Å². The van der Waals surface area contributed by atoms with E-state index in [9.17, 15) is 8.42 Å². The van der Waals surface area contributed by atoms with Gasteiger partial charge in [0.1, 0.15) is 0 Å². The Morgan fingerprint density at radius 1 is 1.38 bits per heavy atom. The third-order valence-electron chi connectivity index (χ3n) is 3.36. The Labute approximate surface area is 127 Å². The van der Waals surface area contributed by atoms with Gasteiger partial charge in [-0.15, -0.1) is 6.58 Å². The van der Waals surface area contributed by atoms with E-state index in [4.69, 9.17) is 5.11 Å². The Balaban J connectivity index is 3.37. The quantitative estimate of drug-likeness (QED) is 0.708. The van der Waals surface area contributed by atoms with Crippen molar-refractivity contribution in [3.63, 3.8) is 0 Å². The molecule has 0 atom stereocenters. The highest BCUT2D eigenvalue weighted by molar-refractivity contribution is 7.89. The summed E-state index contributed by atoms with van der Waals surface area (Å²) in [7, 11) is -1.83. The van der Waals surface area contributed by atoms with Crippen LogP contribution in [0.1, 0.15) is 16.7 Å². The molecule has 0 saturated carbocycles. The summed E-state index contributed by atoms with van der Waals surface area (Å²) in [5.41, 5.74) is 2.59. The van der Waals surface area contributed by atoms with Crippen molar-refractivity contribution in [1.82, 2.24) is 9.62 Å². The highest BCUT2D eigenvalue weighted by Gasteiger charge is 2.25. The van der Waals surface area contributed by atoms with Gasteiger partial charge in [-0.3, -0.25) is 0 Å². The zero-order valence-electron chi connectivity index (χ0n) is 12.9. The maximum Gasteiger partial charge on any atom is 0.243 e. The van der Waals surface area contributed by atoms with E-state index < -0.39 is 10.0 Å². The summed E-state index contributed by atoms with van der Waals surface area (Å²) in [5.74, 6) is 0. The van der Waals surface area contributed by atoms with Crippen LogP contribution in [0, 0.1) is 13.8 Å². The van der Waals surface area contributed by atoms with E-state index in [2.05, 4.69) is 11.9 Å². The molecule has 2 N–H and O–H groups in total. The van der Waals surface area contributed by atoms with Gasteiger partial charge in [0, 0.05) is 19.6 Å². The van der Waals surface area contributed by atoms with Crippen LogP contribution in [0.2, 0.25) is 0 Å². The maximum absolute atomic E-state index is 12.8. The highest BCUT2D eigenvalue weighted by Crippen LogP contribution is 2.24. The predicted octanol–water partition coefficient (Wildman–Crippen LogP) is 1.19. The maximum atomic E-state index is 12.8. The van der Waals surface area contributed by atoms with Crippen LogP contribution in [0.3, 0.4) is 0 Å². The van der Waals surface area contributed by atoms with Gasteiger partial charge in [-0.2, -0.15) is 4.31 Å². The van der Waals surface area contributed by atoms with Gasteiger partial charge in [0.25, 0.3) is 0 Å². The van der Waals surface area contributed by atoms with Gasteiger partial charge in [-0.05, 0) is 43.7 Å². The number of benzene rings is 1. The van der Waals surface area contributed by atoms with Gasteiger partial charge in [0.2, 0.25) is 10.0 Å². The number of aliphatic hydroxyl groups is 1. The SMILES string of the molecule is C=CCN(CCO)S(=O)(=O)c1cc(CNC)cc(C)c1C. The molecule has 0 amide bonds. The van der Waals surface area contributed by atoms with E-state index in [1.165, 1.54) is 10.4 Å². The number of nitrogens with one attached hydrogen (secondary N) is 1. The Kier molecular flexibility index (Phi) is 6.54. The van der Waals surface area contributed by atoms with Crippen LogP contribution in [0.25, 0.3) is 0 Å². The lowest BCUT2D eigenvalue weighted by Gasteiger charge is -2.22. The van der Waals surface area contributed by atoms with E-state index in [0.717, 1.165) is 16.7 Å². The number of hydrogen-bond donors (Lipinski definition) is 2. The Morgan fingerprint density at radius 2 is 2.05 bits per heavy atom. The lowest BCUT2D eigenvalue weighted by atomic mass is 10.1. The smallest absolute Gasteiger partial charge is 0.243 e. The molecule has 21 heavy (non-hydrogen) atoms. The van der Waals surface area contributed by atoms with Gasteiger partial charge in [-0.25, -0.2) is 8.42 Å². The normalized spacial score (nSPS) is 11.9. The van der Waals surface area contributed by atoms with Gasteiger partial charge in [-0.1, -0.05) is 12.1 Å². The van der Waals surface area contributed by atoms with Crippen molar-refractivity contribution in [2.45, 2.75) is 25.3 Å². The lowest BCUT2D eigenvalue weighted by Crippen LogP contribution is -2.34. The summed E-state index contributed by atoms with van der Waals surface area (Å²) >= 11 is 0. The number of aryl methyl sites for hydroxylation is 1. The van der Waals surface area contributed by atoms with Crippen LogP contribution in [-0.2, 0) is 16.6 Å². The van der Waals surface area contributed by atoms with Crippen molar-refractivity contribution < 1.29 is 13.5 Å². The van der Waals surface area contributed by atoms with Crippen molar-refractivity contribution in [2.75, 3.05) is 26.7 Å². The third kappa shape index (κ3) is 4.14. The minimum absolute atomic E-state index is 0.0586. The molecule has 0 heterocycles. The van der Waals surface area contributed by atoms with Crippen LogP contribution < -0.4 is 5.32 Å². The van der Waals surface area contributed by atoms with E-state index >= 15 is 0 Å². The minimum Gasteiger partial charge on any atom is -0.395 e. The molecular weight excluding hydrogens is 288 g/mol. The van der Waals surface area contributed by atoms with Crippen LogP contribution in [0.4, 0.5) is 0 Å². The van der Waals surface area contributed by atoms with Gasteiger partial charge < -0.3 is 10.4 Å². The van der Waals surface area contributed by atoms with E-state index in [-0.39, 0.29) is 19.7 Å². The average molecular weight is 312 g/mol. The lowest BCUT2D eigenvalue weighted by molar-refractivity contribution is 0.260. The molecule has 0 unspecified atom stereocenters. The monoisotopic (exact) mass is 312 g/mol. The Hall–Kier alpha value is -1.21. The molecule has 1 aromatic rings. The van der Waals surface area contributed by atoms with Crippen molar-refractivity contribution in [2.24, 2.45) is 0 Å². The molecule has 0 saturated heterocycles. The molecule has 118 valence electrons. The molecule has 0 aliphatic carbocycles. The highest BCUT2D eigenvalue weighted by atomic mass is 32.2. The summed E-state index contributed by atoms with van der Waals surface area (Å²) in [6.45, 7) is 7.90. The topological polar surface area (TPSA) is 69.6 Å². The summed E-state index contributed by atoms with van der Waals surface area (Å²) in [4.78, 5) is 0.294. The van der Waals surface area contributed by atoms with Gasteiger partial charge in [0.05, 0.1) is 11.5 Å². The van der Waals surface area contributed by atoms with Crippen LogP contribution >= 0.6 is 0 Å². The van der Waals surface area contributed by atoms with Crippen molar-refractivity contribution in [3.05, 3.63) is 41.5 Å². The second-order valence-electron chi connectivity index (χ2n) is 4.94. The molecule has 0 aliphatic rings. The number of hydrogen-bond acceptors (Lipinski definition) is 4. The van der Waals surface area contributed by atoms with Crippen molar-refractivity contribution in [1.29, 1.82) is 0 Å². The molecule has 0 fully saturated rings. The first-order chi connectivity index (χ1) is 9.88. The average Bonchev–Trinajstić information content (AvgIpc) is 2.42. The molecule has 0 spiro atoms. The predicted molar refractivity (Wildman–Crippen MR) is 84.7 cm³/mol. The molecular formula is C15H24N2O3S. The minimum atomic E-state index is -3.65. The second-order valence-corrected chi connectivity index (χ2v) is 6.85. The largest absolute Gasteiger partial charge is 0.395 e.